The SMILES string of the molecule is N#Cc1ccc(C(=O)C=Cc2ccc(-c3ccc([N+](=O)[O-])cc3Br)o2)cc1. The molecule has 0 unspecified atom stereocenters. The Kier molecular flexibility index (Phi) is 5.29. The predicted molar refractivity (Wildman–Crippen MR) is 103 cm³/mol. The fourth-order valence-corrected chi connectivity index (χ4v) is 2.93. The van der Waals surface area contributed by atoms with E-state index in [1.54, 1.807) is 48.5 Å². The highest BCUT2D eigenvalue weighted by molar-refractivity contribution is 9.10. The number of allylic oxidation sites excluding steroid dienone is 1. The van der Waals surface area contributed by atoms with Crippen LogP contribution in [-0.4, -0.2) is 10.7 Å². The van der Waals surface area contributed by atoms with Gasteiger partial charge in [0, 0.05) is 27.7 Å². The van der Waals surface area contributed by atoms with Crippen LogP contribution in [0.1, 0.15) is 21.7 Å². The molecule has 0 amide bonds. The van der Waals surface area contributed by atoms with Gasteiger partial charge in [0.05, 0.1) is 16.6 Å². The standard InChI is InChI=1S/C20H11BrN2O4/c21-18-11-15(23(25)26)5-8-17(18)20-10-7-16(27-20)6-9-19(24)14-3-1-13(12-22)2-4-14/h1-11H. The van der Waals surface area contributed by atoms with Crippen molar-refractivity contribution in [3.63, 3.8) is 0 Å². The second kappa shape index (κ2) is 7.81. The Labute approximate surface area is 162 Å². The van der Waals surface area contributed by atoms with Crippen molar-refractivity contribution in [1.82, 2.24) is 0 Å². The minimum Gasteiger partial charge on any atom is -0.457 e. The minimum atomic E-state index is -0.473. The zero-order chi connectivity index (χ0) is 19.4. The summed E-state index contributed by atoms with van der Waals surface area (Å²) in [4.78, 5) is 22.5. The number of rotatable bonds is 5. The molecule has 3 aromatic rings. The zero-order valence-electron chi connectivity index (χ0n) is 13.8. The molecule has 6 nitrogen and oxygen atoms in total. The first-order chi connectivity index (χ1) is 13.0. The summed E-state index contributed by atoms with van der Waals surface area (Å²) in [5.41, 5.74) is 1.60. The number of nitro groups is 1. The molecule has 0 atom stereocenters. The lowest BCUT2D eigenvalue weighted by Gasteiger charge is -2.00. The van der Waals surface area contributed by atoms with Gasteiger partial charge >= 0.3 is 0 Å². The molecule has 0 radical (unpaired) electrons. The lowest BCUT2D eigenvalue weighted by Crippen LogP contribution is -1.93. The molecule has 3 rings (SSSR count). The van der Waals surface area contributed by atoms with Crippen LogP contribution in [-0.2, 0) is 0 Å². The molecular formula is C20H11BrN2O4. The summed E-state index contributed by atoms with van der Waals surface area (Å²) in [5.74, 6) is 0.772. The quantitative estimate of drug-likeness (QED) is 0.237. The summed E-state index contributed by atoms with van der Waals surface area (Å²) in [7, 11) is 0. The number of carbonyl (C=O) groups excluding carboxylic acids is 1. The van der Waals surface area contributed by atoms with Gasteiger partial charge < -0.3 is 4.42 Å². The van der Waals surface area contributed by atoms with Crippen molar-refractivity contribution in [3.05, 3.63) is 92.1 Å². The second-order valence-electron chi connectivity index (χ2n) is 5.51. The van der Waals surface area contributed by atoms with Crippen LogP contribution in [0.5, 0.6) is 0 Å². The van der Waals surface area contributed by atoms with E-state index in [1.165, 1.54) is 18.2 Å². The number of carbonyl (C=O) groups is 1. The van der Waals surface area contributed by atoms with Gasteiger partial charge in [-0.15, -0.1) is 0 Å². The highest BCUT2D eigenvalue weighted by Gasteiger charge is 2.13. The van der Waals surface area contributed by atoms with Crippen molar-refractivity contribution in [2.24, 2.45) is 0 Å². The first kappa shape index (κ1) is 18.3. The molecule has 1 heterocycles. The normalized spacial score (nSPS) is 10.7. The Morgan fingerprint density at radius 1 is 1.15 bits per heavy atom. The minimum absolute atomic E-state index is 0.0229. The average molecular weight is 423 g/mol. The largest absolute Gasteiger partial charge is 0.457 e. The topological polar surface area (TPSA) is 97.1 Å². The van der Waals surface area contributed by atoms with E-state index in [4.69, 9.17) is 9.68 Å². The molecule has 0 saturated carbocycles. The van der Waals surface area contributed by atoms with Crippen molar-refractivity contribution in [2.45, 2.75) is 0 Å². The molecule has 0 N–H and O–H groups in total. The Balaban J connectivity index is 1.77. The van der Waals surface area contributed by atoms with E-state index in [9.17, 15) is 14.9 Å². The van der Waals surface area contributed by atoms with Crippen LogP contribution in [0.3, 0.4) is 0 Å². The predicted octanol–water partition coefficient (Wildman–Crippen LogP) is 5.39. The molecule has 0 aliphatic rings. The van der Waals surface area contributed by atoms with Gasteiger partial charge in [0.25, 0.3) is 5.69 Å². The van der Waals surface area contributed by atoms with Crippen LogP contribution in [0, 0.1) is 21.4 Å². The molecule has 27 heavy (non-hydrogen) atoms. The third-order valence-corrected chi connectivity index (χ3v) is 4.41. The molecule has 0 saturated heterocycles. The van der Waals surface area contributed by atoms with E-state index >= 15 is 0 Å². The number of benzene rings is 2. The maximum atomic E-state index is 12.2. The Morgan fingerprint density at radius 3 is 2.52 bits per heavy atom. The van der Waals surface area contributed by atoms with Gasteiger partial charge in [-0.05, 0) is 70.5 Å². The lowest BCUT2D eigenvalue weighted by molar-refractivity contribution is -0.384. The molecule has 7 heteroatoms. The van der Waals surface area contributed by atoms with Crippen LogP contribution in [0.15, 0.2) is 69.6 Å². The van der Waals surface area contributed by atoms with Gasteiger partial charge in [-0.25, -0.2) is 0 Å². The van der Waals surface area contributed by atoms with E-state index in [0.29, 0.717) is 32.7 Å². The Morgan fingerprint density at radius 2 is 1.89 bits per heavy atom. The van der Waals surface area contributed by atoms with E-state index in [-0.39, 0.29) is 11.5 Å². The molecule has 2 aromatic carbocycles. The van der Waals surface area contributed by atoms with E-state index < -0.39 is 4.92 Å². The fraction of sp³-hybridized carbons (Fsp3) is 0. The van der Waals surface area contributed by atoms with E-state index in [2.05, 4.69) is 15.9 Å². The number of non-ortho nitro benzene ring substituents is 1. The van der Waals surface area contributed by atoms with Gasteiger partial charge in [0.15, 0.2) is 5.78 Å². The fourth-order valence-electron chi connectivity index (χ4n) is 2.37. The number of nitrogens with zero attached hydrogens (tertiary/aromatic N) is 2. The van der Waals surface area contributed by atoms with Crippen molar-refractivity contribution in [2.75, 3.05) is 0 Å². The maximum absolute atomic E-state index is 12.2. The summed E-state index contributed by atoms with van der Waals surface area (Å²) in [6.45, 7) is 0. The van der Waals surface area contributed by atoms with Crippen molar-refractivity contribution in [1.29, 1.82) is 5.26 Å². The summed E-state index contributed by atoms with van der Waals surface area (Å²) >= 11 is 3.31. The highest BCUT2D eigenvalue weighted by atomic mass is 79.9. The monoisotopic (exact) mass is 422 g/mol. The van der Waals surface area contributed by atoms with Gasteiger partial charge in [0.2, 0.25) is 0 Å². The maximum Gasteiger partial charge on any atom is 0.270 e. The summed E-state index contributed by atoms with van der Waals surface area (Å²) in [6.07, 6.45) is 2.93. The molecule has 132 valence electrons. The zero-order valence-corrected chi connectivity index (χ0v) is 15.3. The van der Waals surface area contributed by atoms with Crippen LogP contribution in [0.2, 0.25) is 0 Å². The second-order valence-corrected chi connectivity index (χ2v) is 6.36. The lowest BCUT2D eigenvalue weighted by atomic mass is 10.1. The third-order valence-electron chi connectivity index (χ3n) is 3.75. The van der Waals surface area contributed by atoms with Gasteiger partial charge in [0.1, 0.15) is 11.5 Å². The van der Waals surface area contributed by atoms with Crippen LogP contribution in [0.25, 0.3) is 17.4 Å². The summed E-state index contributed by atoms with van der Waals surface area (Å²) in [6, 6.07) is 16.2. The van der Waals surface area contributed by atoms with Crippen molar-refractivity contribution < 1.29 is 14.1 Å². The summed E-state index contributed by atoms with van der Waals surface area (Å²) < 4.78 is 6.23. The number of hydrogen-bond acceptors (Lipinski definition) is 5. The highest BCUT2D eigenvalue weighted by Crippen LogP contribution is 2.32. The van der Waals surface area contributed by atoms with Crippen LogP contribution in [0.4, 0.5) is 5.69 Å². The molecule has 1 aromatic heterocycles. The molecule has 0 fully saturated rings. The number of ketones is 1. The van der Waals surface area contributed by atoms with Gasteiger partial charge in [-0.3, -0.25) is 14.9 Å². The average Bonchev–Trinajstić information content (AvgIpc) is 3.14. The molecule has 0 spiro atoms. The van der Waals surface area contributed by atoms with Crippen molar-refractivity contribution >= 4 is 33.5 Å². The number of halogens is 1. The molecule has 0 aliphatic heterocycles. The molecule has 0 bridgehead atoms. The Hall–Kier alpha value is -3.50. The number of hydrogen-bond donors (Lipinski definition) is 0. The van der Waals surface area contributed by atoms with Gasteiger partial charge in [-0.1, -0.05) is 0 Å². The van der Waals surface area contributed by atoms with E-state index in [1.807, 2.05) is 6.07 Å². The van der Waals surface area contributed by atoms with E-state index in [0.717, 1.165) is 0 Å². The van der Waals surface area contributed by atoms with Gasteiger partial charge in [-0.2, -0.15) is 5.26 Å². The van der Waals surface area contributed by atoms with Crippen molar-refractivity contribution in [3.8, 4) is 17.4 Å². The number of nitro benzene ring substituents is 1. The first-order valence-electron chi connectivity index (χ1n) is 7.74. The summed E-state index contributed by atoms with van der Waals surface area (Å²) in [5, 5.41) is 19.6. The third kappa shape index (κ3) is 4.19. The van der Waals surface area contributed by atoms with Crippen LogP contribution < -0.4 is 0 Å². The smallest absolute Gasteiger partial charge is 0.270 e. The first-order valence-corrected chi connectivity index (χ1v) is 8.54. The Bertz CT molecular complexity index is 1090. The number of nitriles is 1. The molecular weight excluding hydrogens is 412 g/mol. The van der Waals surface area contributed by atoms with Crippen LogP contribution >= 0.6 is 15.9 Å². The number of furan rings is 1. The molecule has 0 aliphatic carbocycles.